The Morgan fingerprint density at radius 2 is 2.33 bits per heavy atom. The molecule has 0 radical (unpaired) electrons. The van der Waals surface area contributed by atoms with Crippen LogP contribution in [0, 0.1) is 0 Å². The molecule has 0 spiro atoms. The van der Waals surface area contributed by atoms with Crippen LogP contribution in [0.25, 0.3) is 0 Å². The maximum atomic E-state index is 3.95. The van der Waals surface area contributed by atoms with Crippen molar-refractivity contribution in [2.45, 2.75) is 19.9 Å². The van der Waals surface area contributed by atoms with Gasteiger partial charge in [0.05, 0.1) is 12.3 Å². The predicted molar refractivity (Wildman–Crippen MR) is 37.5 cm³/mol. The summed E-state index contributed by atoms with van der Waals surface area (Å²) in [7, 11) is 0. The van der Waals surface area contributed by atoms with E-state index in [1.165, 1.54) is 0 Å². The van der Waals surface area contributed by atoms with Gasteiger partial charge in [-0.25, -0.2) is 0 Å². The lowest BCUT2D eigenvalue weighted by atomic mass is 10.4. The molecule has 9 heavy (non-hydrogen) atoms. The van der Waals surface area contributed by atoms with Crippen molar-refractivity contribution in [3.8, 4) is 0 Å². The van der Waals surface area contributed by atoms with Gasteiger partial charge in [0.1, 0.15) is 0 Å². The highest BCUT2D eigenvalue weighted by molar-refractivity contribution is 5.83. The van der Waals surface area contributed by atoms with Crippen LogP contribution in [0.5, 0.6) is 0 Å². The SMILES string of the molecule is CC(C)N1N=C=CC=N1. The molecule has 0 amide bonds. The van der Waals surface area contributed by atoms with Gasteiger partial charge in [0.2, 0.25) is 0 Å². The lowest BCUT2D eigenvalue weighted by Crippen LogP contribution is -2.20. The number of allylic oxidation sites excluding steroid dienone is 1. The van der Waals surface area contributed by atoms with E-state index in [0.717, 1.165) is 0 Å². The molecule has 48 valence electrons. The van der Waals surface area contributed by atoms with Crippen molar-refractivity contribution in [3.63, 3.8) is 0 Å². The topological polar surface area (TPSA) is 28.0 Å². The zero-order chi connectivity index (χ0) is 6.69. The molecule has 0 fully saturated rings. The highest BCUT2D eigenvalue weighted by Gasteiger charge is 2.01. The lowest BCUT2D eigenvalue weighted by molar-refractivity contribution is 0.247. The van der Waals surface area contributed by atoms with E-state index < -0.39 is 0 Å². The summed E-state index contributed by atoms with van der Waals surface area (Å²) in [6, 6.07) is 0.322. The number of hydrazone groups is 2. The van der Waals surface area contributed by atoms with Gasteiger partial charge in [-0.2, -0.15) is 10.2 Å². The normalized spacial score (nSPS) is 15.7. The molecule has 1 heterocycles. The minimum Gasteiger partial charge on any atom is -0.174 e. The van der Waals surface area contributed by atoms with E-state index in [1.54, 1.807) is 17.4 Å². The second-order valence-electron chi connectivity index (χ2n) is 2.07. The van der Waals surface area contributed by atoms with Crippen LogP contribution in [-0.4, -0.2) is 23.2 Å². The summed E-state index contributed by atoms with van der Waals surface area (Å²) in [5, 5.41) is 9.42. The highest BCUT2D eigenvalue weighted by Crippen LogP contribution is 1.98. The Bertz CT molecular complexity index is 175. The zero-order valence-electron chi connectivity index (χ0n) is 5.57. The van der Waals surface area contributed by atoms with Crippen molar-refractivity contribution in [1.29, 1.82) is 0 Å². The van der Waals surface area contributed by atoms with Crippen LogP contribution < -0.4 is 0 Å². The number of hydrogen-bond donors (Lipinski definition) is 0. The van der Waals surface area contributed by atoms with Crippen molar-refractivity contribution in [3.05, 3.63) is 6.08 Å². The van der Waals surface area contributed by atoms with Gasteiger partial charge in [0.25, 0.3) is 0 Å². The quantitative estimate of drug-likeness (QED) is 0.507. The number of rotatable bonds is 1. The van der Waals surface area contributed by atoms with Crippen LogP contribution in [0.2, 0.25) is 0 Å². The van der Waals surface area contributed by atoms with Crippen molar-refractivity contribution in [2.75, 3.05) is 0 Å². The van der Waals surface area contributed by atoms with Crippen LogP contribution in [0.1, 0.15) is 13.8 Å². The molecule has 0 aromatic heterocycles. The first-order chi connectivity index (χ1) is 4.30. The van der Waals surface area contributed by atoms with E-state index in [2.05, 4.69) is 16.1 Å². The molecular weight excluding hydrogens is 114 g/mol. The second-order valence-corrected chi connectivity index (χ2v) is 2.07. The Morgan fingerprint density at radius 3 is 2.67 bits per heavy atom. The van der Waals surface area contributed by atoms with Crippen molar-refractivity contribution >= 4 is 12.1 Å². The monoisotopic (exact) mass is 123 g/mol. The Kier molecular flexibility index (Phi) is 1.66. The average Bonchev–Trinajstić information content (AvgIpc) is 1.90. The largest absolute Gasteiger partial charge is 0.174 e. The van der Waals surface area contributed by atoms with Gasteiger partial charge in [0, 0.05) is 11.9 Å². The van der Waals surface area contributed by atoms with Gasteiger partial charge in [-0.3, -0.25) is 0 Å². The molecule has 3 nitrogen and oxygen atoms in total. The highest BCUT2D eigenvalue weighted by atomic mass is 15.7. The molecule has 0 saturated heterocycles. The van der Waals surface area contributed by atoms with Crippen molar-refractivity contribution < 1.29 is 0 Å². The van der Waals surface area contributed by atoms with Crippen molar-refractivity contribution in [1.82, 2.24) is 5.12 Å². The fourth-order valence-electron chi connectivity index (χ4n) is 0.502. The fraction of sp³-hybridized carbons (Fsp3) is 0.500. The molecule has 1 aliphatic rings. The first kappa shape index (κ1) is 6.05. The van der Waals surface area contributed by atoms with E-state index in [-0.39, 0.29) is 0 Å². The smallest absolute Gasteiger partial charge is 0.0667 e. The van der Waals surface area contributed by atoms with Gasteiger partial charge < -0.3 is 0 Å². The van der Waals surface area contributed by atoms with Crippen molar-refractivity contribution in [2.24, 2.45) is 10.2 Å². The Hall–Kier alpha value is -1.08. The first-order valence-corrected chi connectivity index (χ1v) is 2.92. The zero-order valence-corrected chi connectivity index (χ0v) is 5.57. The molecule has 0 aromatic carbocycles. The standard InChI is InChI=1S/C6H9N3/c1-6(2)9-7-4-3-5-8-9/h3-4,6H,1-2H3. The average molecular weight is 123 g/mol. The van der Waals surface area contributed by atoms with Gasteiger partial charge >= 0.3 is 0 Å². The minimum atomic E-state index is 0.322. The molecule has 0 bridgehead atoms. The molecule has 3 heteroatoms. The number of hydrogen-bond acceptors (Lipinski definition) is 3. The molecule has 0 aliphatic carbocycles. The van der Waals surface area contributed by atoms with Crippen LogP contribution in [0.15, 0.2) is 16.3 Å². The maximum Gasteiger partial charge on any atom is 0.0667 e. The Labute approximate surface area is 54.4 Å². The second kappa shape index (κ2) is 2.46. The summed E-state index contributed by atoms with van der Waals surface area (Å²) >= 11 is 0. The summed E-state index contributed by atoms with van der Waals surface area (Å²) in [5.74, 6) is 2.69. The summed E-state index contributed by atoms with van der Waals surface area (Å²) in [6.45, 7) is 4.04. The third kappa shape index (κ3) is 1.40. The van der Waals surface area contributed by atoms with Gasteiger partial charge in [-0.1, -0.05) is 0 Å². The molecular formula is C6H9N3. The molecule has 1 aliphatic heterocycles. The van der Waals surface area contributed by atoms with Gasteiger partial charge in [-0.15, -0.1) is 5.10 Å². The third-order valence-corrected chi connectivity index (χ3v) is 0.956. The predicted octanol–water partition coefficient (Wildman–Crippen LogP) is 0.837. The van der Waals surface area contributed by atoms with E-state index in [0.29, 0.717) is 6.04 Å². The van der Waals surface area contributed by atoms with Crippen LogP contribution >= 0.6 is 0 Å². The molecule has 0 atom stereocenters. The van der Waals surface area contributed by atoms with Gasteiger partial charge in [0.15, 0.2) is 0 Å². The minimum absolute atomic E-state index is 0.322. The lowest BCUT2D eigenvalue weighted by Gasteiger charge is -2.15. The van der Waals surface area contributed by atoms with E-state index in [9.17, 15) is 0 Å². The molecule has 0 unspecified atom stereocenters. The van der Waals surface area contributed by atoms with E-state index >= 15 is 0 Å². The van der Waals surface area contributed by atoms with Crippen LogP contribution in [0.3, 0.4) is 0 Å². The van der Waals surface area contributed by atoms with Crippen LogP contribution in [0.4, 0.5) is 0 Å². The fourth-order valence-corrected chi connectivity index (χ4v) is 0.502. The summed E-state index contributed by atoms with van der Waals surface area (Å²) in [4.78, 5) is 0. The molecule has 0 N–H and O–H groups in total. The van der Waals surface area contributed by atoms with Gasteiger partial charge in [-0.05, 0) is 13.8 Å². The molecule has 0 saturated carbocycles. The van der Waals surface area contributed by atoms with E-state index in [4.69, 9.17) is 0 Å². The summed E-state index contributed by atoms with van der Waals surface area (Å²) in [5.41, 5.74) is 0. The molecule has 1 rings (SSSR count). The Balaban J connectivity index is 2.65. The van der Waals surface area contributed by atoms with E-state index in [1.807, 2.05) is 13.8 Å². The number of nitrogens with zero attached hydrogens (tertiary/aromatic N) is 3. The third-order valence-electron chi connectivity index (χ3n) is 0.956. The van der Waals surface area contributed by atoms with Crippen LogP contribution in [-0.2, 0) is 0 Å². The maximum absolute atomic E-state index is 3.95. The summed E-state index contributed by atoms with van der Waals surface area (Å²) in [6.07, 6.45) is 3.35. The summed E-state index contributed by atoms with van der Waals surface area (Å²) < 4.78 is 0. The first-order valence-electron chi connectivity index (χ1n) is 2.92. The Morgan fingerprint density at radius 1 is 1.56 bits per heavy atom. The molecule has 0 aromatic rings.